The normalized spacial score (nSPS) is 10.1. The van der Waals surface area contributed by atoms with E-state index >= 15 is 0 Å². The highest BCUT2D eigenvalue weighted by Gasteiger charge is 2.05. The average Bonchev–Trinajstić information content (AvgIpc) is 2.16. The number of aliphatic hydroxyl groups is 1. The molecule has 0 aliphatic carbocycles. The number of hydrogen-bond donors (Lipinski definition) is 1. The zero-order valence-corrected chi connectivity index (χ0v) is 8.20. The van der Waals surface area contributed by atoms with Crippen LogP contribution >= 0.6 is 0 Å². The van der Waals surface area contributed by atoms with Crippen molar-refractivity contribution < 1.29 is 5.11 Å². The molecule has 0 aromatic carbocycles. The molecule has 0 aliphatic rings. The van der Waals surface area contributed by atoms with Gasteiger partial charge in [-0.1, -0.05) is 0 Å². The number of hydrogen-bond acceptors (Lipinski definition) is 3. The van der Waals surface area contributed by atoms with Crippen LogP contribution in [0.15, 0.2) is 18.5 Å². The molecule has 1 aromatic rings. The van der Waals surface area contributed by atoms with Crippen molar-refractivity contribution in [2.45, 2.75) is 13.8 Å². The van der Waals surface area contributed by atoms with Crippen molar-refractivity contribution in [3.8, 4) is 0 Å². The van der Waals surface area contributed by atoms with Gasteiger partial charge >= 0.3 is 0 Å². The third-order valence-corrected chi connectivity index (χ3v) is 2.08. The molecule has 0 atom stereocenters. The number of aliphatic hydroxyl groups excluding tert-OH is 1. The molecule has 0 unspecified atom stereocenters. The largest absolute Gasteiger partial charge is 0.395 e. The van der Waals surface area contributed by atoms with Gasteiger partial charge in [-0.15, -0.1) is 0 Å². The van der Waals surface area contributed by atoms with Gasteiger partial charge in [0.1, 0.15) is 0 Å². The summed E-state index contributed by atoms with van der Waals surface area (Å²) in [4.78, 5) is 6.17. The standard InChI is InChI=1S/C10H16N2O/c1-3-12(6-7-13)10-4-5-11-8-9(10)2/h4-5,8,13H,3,6-7H2,1-2H3. The van der Waals surface area contributed by atoms with E-state index in [2.05, 4.69) is 16.8 Å². The van der Waals surface area contributed by atoms with E-state index in [0.717, 1.165) is 17.8 Å². The van der Waals surface area contributed by atoms with Crippen molar-refractivity contribution in [1.82, 2.24) is 4.98 Å². The van der Waals surface area contributed by atoms with Crippen molar-refractivity contribution in [2.75, 3.05) is 24.6 Å². The van der Waals surface area contributed by atoms with Gasteiger partial charge in [0.15, 0.2) is 0 Å². The highest BCUT2D eigenvalue weighted by atomic mass is 16.3. The molecule has 0 saturated carbocycles. The van der Waals surface area contributed by atoms with E-state index in [1.54, 1.807) is 6.20 Å². The Morgan fingerprint density at radius 2 is 2.31 bits per heavy atom. The second kappa shape index (κ2) is 4.82. The zero-order valence-electron chi connectivity index (χ0n) is 8.20. The summed E-state index contributed by atoms with van der Waals surface area (Å²) in [6, 6.07) is 1.98. The van der Waals surface area contributed by atoms with Gasteiger partial charge in [0, 0.05) is 31.2 Å². The highest BCUT2D eigenvalue weighted by Crippen LogP contribution is 2.17. The first-order valence-corrected chi connectivity index (χ1v) is 4.56. The monoisotopic (exact) mass is 180 g/mol. The van der Waals surface area contributed by atoms with Gasteiger partial charge in [-0.2, -0.15) is 0 Å². The molecule has 13 heavy (non-hydrogen) atoms. The molecule has 72 valence electrons. The van der Waals surface area contributed by atoms with Gasteiger partial charge in [-0.05, 0) is 25.5 Å². The van der Waals surface area contributed by atoms with Gasteiger partial charge in [0.05, 0.1) is 6.61 Å². The molecule has 1 rings (SSSR count). The van der Waals surface area contributed by atoms with Crippen LogP contribution in [0.5, 0.6) is 0 Å². The maximum atomic E-state index is 8.86. The minimum atomic E-state index is 0.190. The lowest BCUT2D eigenvalue weighted by Crippen LogP contribution is -2.26. The molecule has 1 heterocycles. The summed E-state index contributed by atoms with van der Waals surface area (Å²) >= 11 is 0. The third kappa shape index (κ3) is 2.42. The van der Waals surface area contributed by atoms with Crippen LogP contribution in [0.3, 0.4) is 0 Å². The lowest BCUT2D eigenvalue weighted by Gasteiger charge is -2.23. The summed E-state index contributed by atoms with van der Waals surface area (Å²) in [7, 11) is 0. The molecular formula is C10H16N2O. The number of aromatic nitrogens is 1. The molecule has 1 N–H and O–H groups in total. The summed E-state index contributed by atoms with van der Waals surface area (Å²) in [5.74, 6) is 0. The van der Waals surface area contributed by atoms with Crippen LogP contribution in [0.25, 0.3) is 0 Å². The molecule has 3 nitrogen and oxygen atoms in total. The first kappa shape index (κ1) is 9.99. The first-order chi connectivity index (χ1) is 6.29. The van der Waals surface area contributed by atoms with E-state index in [4.69, 9.17) is 5.11 Å². The van der Waals surface area contributed by atoms with Crippen molar-refractivity contribution in [3.63, 3.8) is 0 Å². The predicted octanol–water partition coefficient (Wildman–Crippen LogP) is 1.21. The van der Waals surface area contributed by atoms with E-state index in [0.29, 0.717) is 6.54 Å². The van der Waals surface area contributed by atoms with Crippen molar-refractivity contribution >= 4 is 5.69 Å². The van der Waals surface area contributed by atoms with Crippen LogP contribution in [0.2, 0.25) is 0 Å². The fraction of sp³-hybridized carbons (Fsp3) is 0.500. The molecule has 0 bridgehead atoms. The fourth-order valence-corrected chi connectivity index (χ4v) is 1.39. The summed E-state index contributed by atoms with van der Waals surface area (Å²) < 4.78 is 0. The lowest BCUT2D eigenvalue weighted by atomic mass is 10.2. The Hall–Kier alpha value is -1.09. The minimum absolute atomic E-state index is 0.190. The molecular weight excluding hydrogens is 164 g/mol. The average molecular weight is 180 g/mol. The number of aryl methyl sites for hydroxylation is 1. The van der Waals surface area contributed by atoms with E-state index in [-0.39, 0.29) is 6.61 Å². The van der Waals surface area contributed by atoms with Crippen LogP contribution in [0.4, 0.5) is 5.69 Å². The molecule has 1 aromatic heterocycles. The smallest absolute Gasteiger partial charge is 0.0606 e. The Kier molecular flexibility index (Phi) is 3.71. The summed E-state index contributed by atoms with van der Waals surface area (Å²) in [6.07, 6.45) is 3.62. The van der Waals surface area contributed by atoms with E-state index in [1.165, 1.54) is 0 Å². The topological polar surface area (TPSA) is 36.4 Å². The molecule has 0 spiro atoms. The van der Waals surface area contributed by atoms with Gasteiger partial charge in [0.25, 0.3) is 0 Å². The molecule has 0 fully saturated rings. The molecule has 3 heteroatoms. The molecule has 0 radical (unpaired) electrons. The summed E-state index contributed by atoms with van der Waals surface area (Å²) in [5, 5.41) is 8.86. The Morgan fingerprint density at radius 1 is 1.54 bits per heavy atom. The van der Waals surface area contributed by atoms with Gasteiger partial charge in [-0.3, -0.25) is 4.98 Å². The predicted molar refractivity (Wildman–Crippen MR) is 53.9 cm³/mol. The Labute approximate surface area is 79.0 Å². The Bertz CT molecular complexity index is 263. The minimum Gasteiger partial charge on any atom is -0.395 e. The van der Waals surface area contributed by atoms with Gasteiger partial charge in [-0.25, -0.2) is 0 Å². The van der Waals surface area contributed by atoms with Crippen LogP contribution < -0.4 is 4.90 Å². The Morgan fingerprint density at radius 3 is 2.85 bits per heavy atom. The third-order valence-electron chi connectivity index (χ3n) is 2.08. The van der Waals surface area contributed by atoms with Crippen molar-refractivity contribution in [1.29, 1.82) is 0 Å². The van der Waals surface area contributed by atoms with E-state index < -0.39 is 0 Å². The van der Waals surface area contributed by atoms with Crippen LogP contribution in [-0.4, -0.2) is 29.8 Å². The molecule has 0 aliphatic heterocycles. The highest BCUT2D eigenvalue weighted by molar-refractivity contribution is 5.51. The number of rotatable bonds is 4. The van der Waals surface area contributed by atoms with Gasteiger partial charge in [0.2, 0.25) is 0 Å². The quantitative estimate of drug-likeness (QED) is 0.756. The Balaban J connectivity index is 2.84. The second-order valence-electron chi connectivity index (χ2n) is 2.97. The lowest BCUT2D eigenvalue weighted by molar-refractivity contribution is 0.302. The number of likely N-dealkylation sites (N-methyl/N-ethyl adjacent to an activating group) is 1. The molecule has 0 saturated heterocycles. The number of anilines is 1. The van der Waals surface area contributed by atoms with Crippen LogP contribution in [-0.2, 0) is 0 Å². The van der Waals surface area contributed by atoms with Gasteiger partial charge < -0.3 is 10.0 Å². The SMILES string of the molecule is CCN(CCO)c1ccncc1C. The van der Waals surface area contributed by atoms with E-state index in [9.17, 15) is 0 Å². The first-order valence-electron chi connectivity index (χ1n) is 4.56. The number of pyridine rings is 1. The van der Waals surface area contributed by atoms with Crippen molar-refractivity contribution in [3.05, 3.63) is 24.0 Å². The summed E-state index contributed by atoms with van der Waals surface area (Å²) in [5.41, 5.74) is 2.31. The zero-order chi connectivity index (χ0) is 9.68. The van der Waals surface area contributed by atoms with E-state index in [1.807, 2.05) is 19.2 Å². The van der Waals surface area contributed by atoms with Crippen LogP contribution in [0.1, 0.15) is 12.5 Å². The second-order valence-corrected chi connectivity index (χ2v) is 2.97. The summed E-state index contributed by atoms with van der Waals surface area (Å²) in [6.45, 7) is 5.89. The maximum absolute atomic E-state index is 8.86. The number of nitrogens with zero attached hydrogens (tertiary/aromatic N) is 2. The fourth-order valence-electron chi connectivity index (χ4n) is 1.39. The van der Waals surface area contributed by atoms with Crippen LogP contribution in [0, 0.1) is 6.92 Å². The molecule has 0 amide bonds. The van der Waals surface area contributed by atoms with Crippen molar-refractivity contribution in [2.24, 2.45) is 0 Å². The maximum Gasteiger partial charge on any atom is 0.0606 e.